The molecule has 0 unspecified atom stereocenters. The Morgan fingerprint density at radius 1 is 1.19 bits per heavy atom. The molecule has 1 amide bonds. The van der Waals surface area contributed by atoms with Crippen molar-refractivity contribution in [3.63, 3.8) is 0 Å². The topological polar surface area (TPSA) is 50.4 Å². The van der Waals surface area contributed by atoms with Crippen molar-refractivity contribution in [1.82, 2.24) is 5.32 Å². The van der Waals surface area contributed by atoms with Crippen LogP contribution in [0, 0.1) is 0 Å². The van der Waals surface area contributed by atoms with Crippen molar-refractivity contribution >= 4 is 27.5 Å². The van der Waals surface area contributed by atoms with Crippen molar-refractivity contribution in [2.45, 2.75) is 6.54 Å². The maximum Gasteiger partial charge on any atom is 0.251 e. The number of ether oxygens (including phenoxy) is 1. The molecule has 2 aromatic carbocycles. The van der Waals surface area contributed by atoms with Gasteiger partial charge in [-0.1, -0.05) is 12.1 Å². The number of halogens is 1. The van der Waals surface area contributed by atoms with Crippen LogP contribution < -0.4 is 15.4 Å². The first-order valence-electron chi connectivity index (χ1n) is 6.52. The van der Waals surface area contributed by atoms with E-state index >= 15 is 0 Å². The molecule has 0 radical (unpaired) electrons. The van der Waals surface area contributed by atoms with Crippen molar-refractivity contribution in [2.24, 2.45) is 0 Å². The van der Waals surface area contributed by atoms with Gasteiger partial charge >= 0.3 is 0 Å². The van der Waals surface area contributed by atoms with Gasteiger partial charge in [-0.15, -0.1) is 0 Å². The molecule has 21 heavy (non-hydrogen) atoms. The molecule has 4 nitrogen and oxygen atoms in total. The zero-order valence-corrected chi connectivity index (χ0v) is 13.5. The van der Waals surface area contributed by atoms with Crippen LogP contribution in [-0.4, -0.2) is 20.1 Å². The molecular formula is C16H17BrN2O2. The molecule has 0 spiro atoms. The zero-order chi connectivity index (χ0) is 15.2. The summed E-state index contributed by atoms with van der Waals surface area (Å²) >= 11 is 3.50. The minimum Gasteiger partial charge on any atom is -0.497 e. The van der Waals surface area contributed by atoms with Crippen LogP contribution in [0.15, 0.2) is 46.9 Å². The van der Waals surface area contributed by atoms with Gasteiger partial charge in [0.05, 0.1) is 12.8 Å². The van der Waals surface area contributed by atoms with E-state index in [-0.39, 0.29) is 5.91 Å². The molecule has 0 aliphatic rings. The highest BCUT2D eigenvalue weighted by atomic mass is 79.9. The van der Waals surface area contributed by atoms with Gasteiger partial charge in [-0.2, -0.15) is 0 Å². The lowest BCUT2D eigenvalue weighted by Gasteiger charge is -2.11. The lowest BCUT2D eigenvalue weighted by molar-refractivity contribution is 0.0963. The molecule has 2 N–H and O–H groups in total. The number of carbonyl (C=O) groups excluding carboxylic acids is 1. The molecule has 0 fully saturated rings. The second kappa shape index (κ2) is 7.13. The summed E-state index contributed by atoms with van der Waals surface area (Å²) in [4.78, 5) is 11.5. The fraction of sp³-hybridized carbons (Fsp3) is 0.188. The van der Waals surface area contributed by atoms with Crippen LogP contribution in [-0.2, 0) is 6.54 Å². The van der Waals surface area contributed by atoms with E-state index in [4.69, 9.17) is 4.74 Å². The first kappa shape index (κ1) is 15.4. The molecule has 2 rings (SSSR count). The van der Waals surface area contributed by atoms with Gasteiger partial charge < -0.3 is 15.4 Å². The first-order chi connectivity index (χ1) is 10.1. The second-order valence-corrected chi connectivity index (χ2v) is 5.33. The molecule has 0 heterocycles. The van der Waals surface area contributed by atoms with Gasteiger partial charge in [0.15, 0.2) is 0 Å². The summed E-state index contributed by atoms with van der Waals surface area (Å²) in [5.74, 6) is 0.723. The Labute approximate surface area is 132 Å². The lowest BCUT2D eigenvalue weighted by Crippen LogP contribution is -2.17. The van der Waals surface area contributed by atoms with Crippen molar-refractivity contribution < 1.29 is 9.53 Å². The van der Waals surface area contributed by atoms with E-state index < -0.39 is 0 Å². The molecule has 0 aromatic heterocycles. The van der Waals surface area contributed by atoms with Gasteiger partial charge in [0.2, 0.25) is 0 Å². The van der Waals surface area contributed by atoms with E-state index in [2.05, 4.69) is 26.6 Å². The lowest BCUT2D eigenvalue weighted by atomic mass is 10.1. The molecule has 0 aliphatic heterocycles. The average Bonchev–Trinajstić information content (AvgIpc) is 2.54. The number of hydrogen-bond donors (Lipinski definition) is 2. The number of carbonyl (C=O) groups is 1. The molecule has 2 aromatic rings. The minimum atomic E-state index is -0.0787. The maximum absolute atomic E-state index is 11.5. The summed E-state index contributed by atoms with van der Waals surface area (Å²) in [6, 6.07) is 13.3. The molecule has 0 saturated carbocycles. The van der Waals surface area contributed by atoms with Crippen LogP contribution in [0.1, 0.15) is 15.9 Å². The highest BCUT2D eigenvalue weighted by Gasteiger charge is 2.04. The van der Waals surface area contributed by atoms with Crippen molar-refractivity contribution in [1.29, 1.82) is 0 Å². The summed E-state index contributed by atoms with van der Waals surface area (Å²) in [5.41, 5.74) is 2.71. The van der Waals surface area contributed by atoms with E-state index in [0.717, 1.165) is 21.5 Å². The summed E-state index contributed by atoms with van der Waals surface area (Å²) in [6.07, 6.45) is 0. The SMILES string of the molecule is CNC(=O)c1ccc(CNc2cc(OC)ccc2Br)cc1. The summed E-state index contributed by atoms with van der Waals surface area (Å²) in [7, 11) is 3.27. The predicted octanol–water partition coefficient (Wildman–Crippen LogP) is 3.43. The van der Waals surface area contributed by atoms with E-state index in [1.165, 1.54) is 0 Å². The Hall–Kier alpha value is -2.01. The smallest absolute Gasteiger partial charge is 0.251 e. The number of anilines is 1. The van der Waals surface area contributed by atoms with E-state index in [1.807, 2.05) is 42.5 Å². The van der Waals surface area contributed by atoms with Crippen molar-refractivity contribution in [2.75, 3.05) is 19.5 Å². The van der Waals surface area contributed by atoms with Crippen LogP contribution >= 0.6 is 15.9 Å². The normalized spacial score (nSPS) is 10.0. The van der Waals surface area contributed by atoms with E-state index in [1.54, 1.807) is 14.2 Å². The average molecular weight is 349 g/mol. The second-order valence-electron chi connectivity index (χ2n) is 4.48. The van der Waals surface area contributed by atoms with Crippen molar-refractivity contribution in [3.05, 3.63) is 58.1 Å². The number of amides is 1. The largest absolute Gasteiger partial charge is 0.497 e. The number of nitrogens with one attached hydrogen (secondary N) is 2. The minimum absolute atomic E-state index is 0.0787. The molecule has 0 atom stereocenters. The molecule has 110 valence electrons. The molecule has 5 heteroatoms. The first-order valence-corrected chi connectivity index (χ1v) is 7.31. The van der Waals surface area contributed by atoms with Crippen LogP contribution in [0.25, 0.3) is 0 Å². The highest BCUT2D eigenvalue weighted by molar-refractivity contribution is 9.10. The third-order valence-electron chi connectivity index (χ3n) is 3.10. The molecule has 0 bridgehead atoms. The Morgan fingerprint density at radius 3 is 2.52 bits per heavy atom. The number of benzene rings is 2. The van der Waals surface area contributed by atoms with E-state index in [9.17, 15) is 4.79 Å². The fourth-order valence-electron chi connectivity index (χ4n) is 1.88. The molecule has 0 saturated heterocycles. The molecule has 0 aliphatic carbocycles. The van der Waals surface area contributed by atoms with Crippen molar-refractivity contribution in [3.8, 4) is 5.75 Å². The quantitative estimate of drug-likeness (QED) is 0.870. The maximum atomic E-state index is 11.5. The fourth-order valence-corrected chi connectivity index (χ4v) is 2.27. The third-order valence-corrected chi connectivity index (χ3v) is 3.79. The summed E-state index contributed by atoms with van der Waals surface area (Å²) < 4.78 is 6.19. The Kier molecular flexibility index (Phi) is 5.22. The van der Waals surface area contributed by atoms with Crippen LogP contribution in [0.3, 0.4) is 0 Å². The van der Waals surface area contributed by atoms with Gasteiger partial charge in [-0.25, -0.2) is 0 Å². The summed E-state index contributed by atoms with van der Waals surface area (Å²) in [6.45, 7) is 0.666. The van der Waals surface area contributed by atoms with Crippen LogP contribution in [0.4, 0.5) is 5.69 Å². The number of rotatable bonds is 5. The van der Waals surface area contributed by atoms with Crippen LogP contribution in [0.2, 0.25) is 0 Å². The van der Waals surface area contributed by atoms with Gasteiger partial charge in [0.1, 0.15) is 5.75 Å². The third kappa shape index (κ3) is 3.98. The Bertz CT molecular complexity index is 627. The van der Waals surface area contributed by atoms with Gasteiger partial charge in [-0.05, 0) is 45.8 Å². The van der Waals surface area contributed by atoms with Crippen LogP contribution in [0.5, 0.6) is 5.75 Å². The number of hydrogen-bond acceptors (Lipinski definition) is 3. The van der Waals surface area contributed by atoms with Gasteiger partial charge in [0.25, 0.3) is 5.91 Å². The number of methoxy groups -OCH3 is 1. The zero-order valence-electron chi connectivity index (χ0n) is 11.9. The monoisotopic (exact) mass is 348 g/mol. The highest BCUT2D eigenvalue weighted by Crippen LogP contribution is 2.27. The standard InChI is InChI=1S/C16H17BrN2O2/c1-18-16(20)12-5-3-11(4-6-12)10-19-15-9-13(21-2)7-8-14(15)17/h3-9,19H,10H2,1-2H3,(H,18,20). The van der Waals surface area contributed by atoms with E-state index in [0.29, 0.717) is 12.1 Å². The Balaban J connectivity index is 2.04. The molecular weight excluding hydrogens is 332 g/mol. The van der Waals surface area contributed by atoms with Gasteiger partial charge in [-0.3, -0.25) is 4.79 Å². The Morgan fingerprint density at radius 2 is 1.90 bits per heavy atom. The van der Waals surface area contributed by atoms with Gasteiger partial charge in [0, 0.05) is 29.7 Å². The predicted molar refractivity (Wildman–Crippen MR) is 87.9 cm³/mol. The summed E-state index contributed by atoms with van der Waals surface area (Å²) in [5, 5.41) is 5.94.